The molecule has 0 saturated heterocycles. The molecule has 0 heterocycles. The van der Waals surface area contributed by atoms with Crippen LogP contribution in [0, 0.1) is 3.57 Å². The quantitative estimate of drug-likeness (QED) is 0.678. The first-order valence-corrected chi connectivity index (χ1v) is 6.63. The molecule has 0 atom stereocenters. The van der Waals surface area contributed by atoms with Crippen molar-refractivity contribution in [1.82, 2.24) is 0 Å². The molecule has 1 aromatic carbocycles. The summed E-state index contributed by atoms with van der Waals surface area (Å²) in [6.07, 6.45) is 13.1. The van der Waals surface area contributed by atoms with E-state index >= 15 is 0 Å². The fraction of sp³-hybridized carbons (Fsp3) is 0.200. The lowest BCUT2D eigenvalue weighted by molar-refractivity contribution is 0.982. The average Bonchev–Trinajstić information content (AvgIpc) is 2.29. The summed E-state index contributed by atoms with van der Waals surface area (Å²) >= 11 is 2.40. The Morgan fingerprint density at radius 2 is 2.19 bits per heavy atom. The Morgan fingerprint density at radius 3 is 2.88 bits per heavy atom. The minimum absolute atomic E-state index is 1.16. The monoisotopic (exact) mass is 322 g/mol. The van der Waals surface area contributed by atoms with Crippen LogP contribution in [0.25, 0.3) is 18.2 Å². The zero-order valence-electron chi connectivity index (χ0n) is 9.46. The topological polar surface area (TPSA) is 0 Å². The van der Waals surface area contributed by atoms with E-state index in [1.54, 1.807) is 0 Å². The Labute approximate surface area is 111 Å². The molecule has 0 aromatic heterocycles. The smallest absolute Gasteiger partial charge is 0.0211 e. The van der Waals surface area contributed by atoms with E-state index in [-0.39, 0.29) is 0 Å². The molecular weight excluding hydrogens is 307 g/mol. The van der Waals surface area contributed by atoms with Crippen LogP contribution in [0.5, 0.6) is 0 Å². The van der Waals surface area contributed by atoms with Crippen molar-refractivity contribution >= 4 is 40.8 Å². The molecule has 0 unspecified atom stereocenters. The Bertz CT molecular complexity index is 479. The van der Waals surface area contributed by atoms with E-state index in [4.69, 9.17) is 0 Å². The highest BCUT2D eigenvalue weighted by atomic mass is 127. The summed E-state index contributed by atoms with van der Waals surface area (Å²) < 4.78 is 1.30. The Hall–Kier alpha value is -0.830. The number of hydrogen-bond donors (Lipinski definition) is 0. The third-order valence-electron chi connectivity index (χ3n) is 2.89. The summed E-state index contributed by atoms with van der Waals surface area (Å²) in [7, 11) is 0. The van der Waals surface area contributed by atoms with Gasteiger partial charge in [0.25, 0.3) is 0 Å². The summed E-state index contributed by atoms with van der Waals surface area (Å²) in [5, 5.41) is 0. The van der Waals surface area contributed by atoms with Crippen LogP contribution in [0.1, 0.15) is 35.6 Å². The first kappa shape index (κ1) is 11.6. The highest BCUT2D eigenvalue weighted by molar-refractivity contribution is 14.1. The maximum Gasteiger partial charge on any atom is 0.0211 e. The fourth-order valence-electron chi connectivity index (χ4n) is 2.15. The molecule has 1 aliphatic rings. The van der Waals surface area contributed by atoms with E-state index in [0.29, 0.717) is 0 Å². The van der Waals surface area contributed by atoms with Gasteiger partial charge in [-0.3, -0.25) is 0 Å². The van der Waals surface area contributed by atoms with Crippen LogP contribution in [0.4, 0.5) is 0 Å². The first-order chi connectivity index (χ1) is 7.77. The second-order valence-corrected chi connectivity index (χ2v) is 5.07. The number of fused-ring (bicyclic) bond motifs is 1. The van der Waals surface area contributed by atoms with E-state index in [1.807, 2.05) is 6.08 Å². The van der Waals surface area contributed by atoms with Crippen LogP contribution in [0.3, 0.4) is 0 Å². The third kappa shape index (κ3) is 2.01. The van der Waals surface area contributed by atoms with Crippen molar-refractivity contribution in [2.75, 3.05) is 0 Å². The summed E-state index contributed by atoms with van der Waals surface area (Å²) in [5.74, 6) is 0. The van der Waals surface area contributed by atoms with Crippen LogP contribution >= 0.6 is 22.6 Å². The van der Waals surface area contributed by atoms with Crippen LogP contribution < -0.4 is 0 Å². The van der Waals surface area contributed by atoms with Gasteiger partial charge in [-0.1, -0.05) is 37.0 Å². The molecule has 0 fully saturated rings. The van der Waals surface area contributed by atoms with Crippen molar-refractivity contribution in [3.63, 3.8) is 0 Å². The molecule has 0 saturated carbocycles. The predicted molar refractivity (Wildman–Crippen MR) is 81.3 cm³/mol. The van der Waals surface area contributed by atoms with E-state index in [9.17, 15) is 0 Å². The van der Waals surface area contributed by atoms with Gasteiger partial charge in [-0.2, -0.15) is 0 Å². The van der Waals surface area contributed by atoms with Crippen molar-refractivity contribution in [3.8, 4) is 0 Å². The number of halogens is 1. The van der Waals surface area contributed by atoms with Gasteiger partial charge in [-0.05, 0) is 70.7 Å². The Kier molecular flexibility index (Phi) is 3.64. The second-order valence-electron chi connectivity index (χ2n) is 3.90. The molecule has 0 spiro atoms. The van der Waals surface area contributed by atoms with E-state index in [2.05, 4.69) is 66.5 Å². The molecule has 1 aromatic rings. The van der Waals surface area contributed by atoms with Gasteiger partial charge < -0.3 is 0 Å². The van der Waals surface area contributed by atoms with Crippen molar-refractivity contribution < 1.29 is 0 Å². The van der Waals surface area contributed by atoms with Crippen molar-refractivity contribution in [3.05, 3.63) is 50.6 Å². The Balaban J connectivity index is 2.75. The largest absolute Gasteiger partial charge is 0.0984 e. The van der Waals surface area contributed by atoms with Crippen LogP contribution in [-0.2, 0) is 6.42 Å². The van der Waals surface area contributed by atoms with E-state index in [1.165, 1.54) is 25.8 Å². The van der Waals surface area contributed by atoms with Gasteiger partial charge in [0.15, 0.2) is 0 Å². The van der Waals surface area contributed by atoms with Crippen molar-refractivity contribution in [2.24, 2.45) is 0 Å². The van der Waals surface area contributed by atoms with E-state index < -0.39 is 0 Å². The number of aryl methyl sites for hydroxylation is 1. The maximum atomic E-state index is 3.92. The normalized spacial score (nSPS) is 14.1. The number of rotatable bonds is 2. The standard InChI is InChI=1S/C15H15I/c1-3-7-14-12(4-2)15(16)10-11-8-5-6-9-13(11)14/h3-4,6-7,9-10H,2,5,8H2,1H3/b7-3-. The zero-order chi connectivity index (χ0) is 11.5. The second kappa shape index (κ2) is 5.00. The van der Waals surface area contributed by atoms with Gasteiger partial charge in [0.2, 0.25) is 0 Å². The predicted octanol–water partition coefficient (Wildman–Crippen LogP) is 4.93. The van der Waals surface area contributed by atoms with Crippen LogP contribution in [0.15, 0.2) is 24.8 Å². The highest BCUT2D eigenvalue weighted by Crippen LogP contribution is 2.31. The molecule has 0 amide bonds. The van der Waals surface area contributed by atoms with Crippen LogP contribution in [-0.4, -0.2) is 0 Å². The summed E-state index contributed by atoms with van der Waals surface area (Å²) in [6.45, 7) is 5.98. The van der Waals surface area contributed by atoms with Gasteiger partial charge in [0.05, 0.1) is 0 Å². The SMILES string of the molecule is C=Cc1c(I)cc2c(c1/C=C\C)C=CCC2. The lowest BCUT2D eigenvalue weighted by atomic mass is 9.90. The van der Waals surface area contributed by atoms with Gasteiger partial charge in [-0.25, -0.2) is 0 Å². The Morgan fingerprint density at radius 1 is 1.38 bits per heavy atom. The molecule has 16 heavy (non-hydrogen) atoms. The molecule has 1 heteroatoms. The van der Waals surface area contributed by atoms with Gasteiger partial charge in [-0.15, -0.1) is 0 Å². The molecule has 0 N–H and O–H groups in total. The molecule has 0 bridgehead atoms. The van der Waals surface area contributed by atoms with E-state index in [0.717, 1.165) is 12.8 Å². The van der Waals surface area contributed by atoms with Crippen LogP contribution in [0.2, 0.25) is 0 Å². The molecule has 1 aliphatic carbocycles. The summed E-state index contributed by atoms with van der Waals surface area (Å²) in [4.78, 5) is 0. The fourth-order valence-corrected chi connectivity index (χ4v) is 3.04. The number of benzene rings is 1. The molecular formula is C15H15I. The third-order valence-corrected chi connectivity index (χ3v) is 3.78. The van der Waals surface area contributed by atoms with Gasteiger partial charge in [0.1, 0.15) is 0 Å². The molecule has 0 aliphatic heterocycles. The van der Waals surface area contributed by atoms with Crippen molar-refractivity contribution in [1.29, 1.82) is 0 Å². The number of allylic oxidation sites excluding steroid dienone is 2. The minimum Gasteiger partial charge on any atom is -0.0984 e. The van der Waals surface area contributed by atoms with Gasteiger partial charge >= 0.3 is 0 Å². The average molecular weight is 322 g/mol. The maximum absolute atomic E-state index is 3.92. The highest BCUT2D eigenvalue weighted by Gasteiger charge is 2.13. The summed E-state index contributed by atoms with van der Waals surface area (Å²) in [6, 6.07) is 2.30. The first-order valence-electron chi connectivity index (χ1n) is 5.55. The molecule has 0 nitrogen and oxygen atoms in total. The van der Waals surface area contributed by atoms with Crippen molar-refractivity contribution in [2.45, 2.75) is 19.8 Å². The minimum atomic E-state index is 1.16. The molecule has 2 rings (SSSR count). The number of hydrogen-bond acceptors (Lipinski definition) is 0. The summed E-state index contributed by atoms with van der Waals surface area (Å²) in [5.41, 5.74) is 5.41. The lowest BCUT2D eigenvalue weighted by Crippen LogP contribution is -2.01. The van der Waals surface area contributed by atoms with Gasteiger partial charge in [0, 0.05) is 3.57 Å². The lowest BCUT2D eigenvalue weighted by Gasteiger charge is -2.17. The zero-order valence-corrected chi connectivity index (χ0v) is 11.6. The molecule has 0 radical (unpaired) electrons. The molecule has 82 valence electrons.